The SMILES string of the molecule is C=CCO[C@@]12Oc3ccc(OCCSc4ccccc4)cc3[C@H]3[C@H](CCCCO)[C@@H](CCCCO)C=C(C(=NOC(C)(C)C)C[C@@H]1N(Cc1ccc(F)cc1)C(=O)OCCOCc1ccccc1)[C@H]32. The normalized spacial score (nSPS) is 22.1. The Morgan fingerprint density at radius 3 is 2.35 bits per heavy atom. The minimum absolute atomic E-state index is 0.0185. The first kappa shape index (κ1) is 51.7. The lowest BCUT2D eigenvalue weighted by Gasteiger charge is -2.60. The molecule has 370 valence electrons. The van der Waals surface area contributed by atoms with Crippen molar-refractivity contribution in [3.63, 3.8) is 0 Å². The molecule has 4 aromatic rings. The van der Waals surface area contributed by atoms with E-state index in [1.54, 1.807) is 34.9 Å². The fourth-order valence-corrected chi connectivity index (χ4v) is 10.6. The smallest absolute Gasteiger partial charge is 0.410 e. The summed E-state index contributed by atoms with van der Waals surface area (Å²) >= 11 is 1.73. The number of rotatable bonds is 25. The molecule has 69 heavy (non-hydrogen) atoms. The Labute approximate surface area is 411 Å². The Morgan fingerprint density at radius 2 is 1.64 bits per heavy atom. The summed E-state index contributed by atoms with van der Waals surface area (Å²) in [6.07, 6.45) is 8.02. The number of carbonyl (C=O) groups excluding carboxylic acids is 1. The van der Waals surface area contributed by atoms with Crippen molar-refractivity contribution in [3.05, 3.63) is 150 Å². The molecule has 4 aromatic carbocycles. The van der Waals surface area contributed by atoms with E-state index in [1.807, 2.05) is 81.4 Å². The first-order chi connectivity index (χ1) is 33.5. The summed E-state index contributed by atoms with van der Waals surface area (Å²) < 4.78 is 47.5. The van der Waals surface area contributed by atoms with Gasteiger partial charge in [0.1, 0.15) is 35.6 Å². The lowest BCUT2D eigenvalue weighted by Crippen LogP contribution is -2.70. The van der Waals surface area contributed by atoms with E-state index in [0.717, 1.165) is 48.1 Å². The number of carbonyl (C=O) groups is 1. The highest BCUT2D eigenvalue weighted by atomic mass is 32.2. The van der Waals surface area contributed by atoms with Crippen LogP contribution >= 0.6 is 11.8 Å². The van der Waals surface area contributed by atoms with E-state index < -0.39 is 35.3 Å². The van der Waals surface area contributed by atoms with Gasteiger partial charge in [-0.1, -0.05) is 90.8 Å². The van der Waals surface area contributed by atoms with E-state index >= 15 is 0 Å². The van der Waals surface area contributed by atoms with Crippen LogP contribution in [0.25, 0.3) is 0 Å². The molecule has 1 amide bonds. The number of thioether (sulfide) groups is 1. The van der Waals surface area contributed by atoms with Gasteiger partial charge in [0.05, 0.1) is 38.1 Å². The van der Waals surface area contributed by atoms with Gasteiger partial charge < -0.3 is 38.7 Å². The van der Waals surface area contributed by atoms with Crippen LogP contribution in [0.1, 0.15) is 88.3 Å². The first-order valence-corrected chi connectivity index (χ1v) is 25.4. The lowest BCUT2D eigenvalue weighted by molar-refractivity contribution is -0.256. The average Bonchev–Trinajstić information content (AvgIpc) is 3.35. The second kappa shape index (κ2) is 25.1. The monoisotopic (exact) mass is 964 g/mol. The number of ether oxygens (including phenoxy) is 5. The van der Waals surface area contributed by atoms with Gasteiger partial charge in [0.25, 0.3) is 0 Å². The number of hydrogen-bond donors (Lipinski definition) is 2. The zero-order valence-electron chi connectivity index (χ0n) is 40.3. The van der Waals surface area contributed by atoms with Gasteiger partial charge in [-0.2, -0.15) is 0 Å². The van der Waals surface area contributed by atoms with Crippen molar-refractivity contribution in [2.24, 2.45) is 22.9 Å². The van der Waals surface area contributed by atoms with Gasteiger partial charge in [0.15, 0.2) is 0 Å². The number of nitrogens with zero attached hydrogens (tertiary/aromatic N) is 2. The minimum atomic E-state index is -1.53. The number of aliphatic hydroxyl groups is 2. The molecule has 0 radical (unpaired) electrons. The van der Waals surface area contributed by atoms with Crippen molar-refractivity contribution in [2.45, 2.75) is 107 Å². The summed E-state index contributed by atoms with van der Waals surface area (Å²) in [4.78, 5) is 24.0. The van der Waals surface area contributed by atoms with E-state index in [9.17, 15) is 19.4 Å². The maximum atomic E-state index is 14.9. The van der Waals surface area contributed by atoms with Crippen molar-refractivity contribution in [1.82, 2.24) is 4.90 Å². The molecule has 2 aliphatic carbocycles. The zero-order chi connectivity index (χ0) is 48.6. The standard InChI is InChI=1S/C56H69FN2O9S/c1-5-30-66-56-51(59(38-40-22-24-43(57)25-23-40)54(62)65-32-31-63-39-41-16-8-6-9-17-41)37-49(58-68-55(2,3)4)47-35-42(18-12-14-28-60)46(21-13-15-29-61)52(53(47)56)48-36-44(26-27-50(48)67-56)64-33-34-69-45-19-10-7-11-20-45/h5-11,16-17,19-20,22-27,35-36,42,46,51-53,60-61H,1,12-15,18,21,28-34,37-39H2,2-4H3/t42-,46+,51-,52+,53+,56+/m0/s1. The highest BCUT2D eigenvalue weighted by Crippen LogP contribution is 2.62. The van der Waals surface area contributed by atoms with Gasteiger partial charge in [-0.15, -0.1) is 18.3 Å². The van der Waals surface area contributed by atoms with Crippen LogP contribution in [0.5, 0.6) is 11.5 Å². The number of oxime groups is 1. The van der Waals surface area contributed by atoms with E-state index in [2.05, 4.69) is 30.9 Å². The highest BCUT2D eigenvalue weighted by molar-refractivity contribution is 7.99. The molecule has 0 saturated heterocycles. The molecule has 6 atom stereocenters. The van der Waals surface area contributed by atoms with Crippen LogP contribution in [0.4, 0.5) is 9.18 Å². The summed E-state index contributed by atoms with van der Waals surface area (Å²) in [6.45, 7) is 11.2. The topological polar surface area (TPSA) is 129 Å². The van der Waals surface area contributed by atoms with Gasteiger partial charge in [0, 0.05) is 48.3 Å². The largest absolute Gasteiger partial charge is 0.493 e. The third kappa shape index (κ3) is 13.6. The predicted molar refractivity (Wildman–Crippen MR) is 268 cm³/mol. The van der Waals surface area contributed by atoms with E-state index in [0.29, 0.717) is 48.8 Å². The Morgan fingerprint density at radius 1 is 0.913 bits per heavy atom. The predicted octanol–water partition coefficient (Wildman–Crippen LogP) is 11.3. The van der Waals surface area contributed by atoms with Crippen molar-refractivity contribution < 1.29 is 47.9 Å². The maximum Gasteiger partial charge on any atom is 0.410 e. The third-order valence-electron chi connectivity index (χ3n) is 12.9. The minimum Gasteiger partial charge on any atom is -0.493 e. The van der Waals surface area contributed by atoms with Crippen LogP contribution in [0.15, 0.2) is 137 Å². The molecule has 2 N–H and O–H groups in total. The molecule has 1 aliphatic heterocycles. The quantitative estimate of drug-likeness (QED) is 0.0287. The number of halogens is 1. The molecular weight excluding hydrogens is 896 g/mol. The van der Waals surface area contributed by atoms with Crippen LogP contribution < -0.4 is 9.47 Å². The molecule has 0 spiro atoms. The third-order valence-corrected chi connectivity index (χ3v) is 13.9. The molecule has 0 aromatic heterocycles. The van der Waals surface area contributed by atoms with Crippen LogP contribution in [-0.2, 0) is 32.2 Å². The summed E-state index contributed by atoms with van der Waals surface area (Å²) in [7, 11) is 0. The summed E-state index contributed by atoms with van der Waals surface area (Å²) in [5.74, 6) is -0.583. The molecule has 1 heterocycles. The number of unbranched alkanes of at least 4 members (excludes halogenated alkanes) is 2. The fraction of sp³-hybridized carbons (Fsp3) is 0.464. The Bertz CT molecular complexity index is 2310. The number of fused-ring (bicyclic) bond motifs is 2. The van der Waals surface area contributed by atoms with Gasteiger partial charge in [0.2, 0.25) is 5.79 Å². The number of benzene rings is 4. The zero-order valence-corrected chi connectivity index (χ0v) is 41.1. The highest BCUT2D eigenvalue weighted by Gasteiger charge is 2.65. The molecule has 1 saturated carbocycles. The molecular formula is C56H69FN2O9S. The molecule has 3 aliphatic rings. The Hall–Kier alpha value is -5.18. The fourth-order valence-electron chi connectivity index (χ4n) is 9.89. The molecule has 13 heteroatoms. The van der Waals surface area contributed by atoms with Gasteiger partial charge in [-0.05, 0) is 117 Å². The van der Waals surface area contributed by atoms with Gasteiger partial charge in [-0.3, -0.25) is 4.90 Å². The number of aliphatic hydroxyl groups excluding tert-OH is 2. The number of hydrogen-bond acceptors (Lipinski definition) is 11. The van der Waals surface area contributed by atoms with Crippen molar-refractivity contribution in [2.75, 3.05) is 45.4 Å². The van der Waals surface area contributed by atoms with Gasteiger partial charge in [-0.25, -0.2) is 9.18 Å². The average molecular weight is 965 g/mol. The first-order valence-electron chi connectivity index (χ1n) is 24.4. The Kier molecular flexibility index (Phi) is 18.8. The van der Waals surface area contributed by atoms with Crippen LogP contribution in [0.3, 0.4) is 0 Å². The lowest BCUT2D eigenvalue weighted by atomic mass is 9.55. The van der Waals surface area contributed by atoms with E-state index in [4.69, 9.17) is 33.7 Å². The second-order valence-corrected chi connectivity index (χ2v) is 20.1. The van der Waals surface area contributed by atoms with E-state index in [-0.39, 0.29) is 63.8 Å². The number of allylic oxidation sites excluding steroid dienone is 1. The molecule has 0 bridgehead atoms. The summed E-state index contributed by atoms with van der Waals surface area (Å²) in [5.41, 5.74) is 3.56. The van der Waals surface area contributed by atoms with Crippen LogP contribution in [-0.4, -0.2) is 89.7 Å². The van der Waals surface area contributed by atoms with Crippen LogP contribution in [0.2, 0.25) is 0 Å². The van der Waals surface area contributed by atoms with Crippen LogP contribution in [0, 0.1) is 23.6 Å². The van der Waals surface area contributed by atoms with E-state index in [1.165, 1.54) is 17.0 Å². The summed E-state index contributed by atoms with van der Waals surface area (Å²) in [5, 5.41) is 25.0. The van der Waals surface area contributed by atoms with Gasteiger partial charge >= 0.3 is 6.09 Å². The Balaban J connectivity index is 1.35. The molecule has 1 fully saturated rings. The second-order valence-electron chi connectivity index (χ2n) is 18.9. The molecule has 7 rings (SSSR count). The summed E-state index contributed by atoms with van der Waals surface area (Å²) in [6, 6.07) is 31.2. The van der Waals surface area contributed by atoms with Crippen molar-refractivity contribution in [1.29, 1.82) is 0 Å². The van der Waals surface area contributed by atoms with Crippen molar-refractivity contribution in [3.8, 4) is 11.5 Å². The number of amides is 1. The van der Waals surface area contributed by atoms with Crippen molar-refractivity contribution >= 4 is 23.6 Å². The maximum absolute atomic E-state index is 14.9. The molecule has 0 unspecified atom stereocenters. The molecule has 11 nitrogen and oxygen atoms in total.